The molecule has 45 heavy (non-hydrogen) atoms. The van der Waals surface area contributed by atoms with Crippen molar-refractivity contribution in [3.63, 3.8) is 0 Å². The molecule has 1 aliphatic rings. The van der Waals surface area contributed by atoms with Gasteiger partial charge in [-0.15, -0.1) is 0 Å². The highest BCUT2D eigenvalue weighted by molar-refractivity contribution is 7.85. The third-order valence-electron chi connectivity index (χ3n) is 7.00. The van der Waals surface area contributed by atoms with Gasteiger partial charge in [-0.25, -0.2) is 9.18 Å². The van der Waals surface area contributed by atoms with Crippen LogP contribution in [-0.2, 0) is 14.9 Å². The number of furan rings is 1. The van der Waals surface area contributed by atoms with Crippen LogP contribution < -0.4 is 10.9 Å². The Bertz CT molecular complexity index is 2050. The molecule has 0 spiro atoms. The molecule has 232 valence electrons. The highest BCUT2D eigenvalue weighted by Gasteiger charge is 2.20. The molecule has 2 heterocycles. The molecule has 5 rings (SSSR count). The van der Waals surface area contributed by atoms with Crippen LogP contribution in [0.3, 0.4) is 0 Å². The summed E-state index contributed by atoms with van der Waals surface area (Å²) in [5.41, 5.74) is 0.567. The number of hydrogen-bond acceptors (Lipinski definition) is 7. The van der Waals surface area contributed by atoms with Gasteiger partial charge in [0.1, 0.15) is 28.3 Å². The minimum absolute atomic E-state index is 0.00322. The van der Waals surface area contributed by atoms with Gasteiger partial charge in [-0.1, -0.05) is 36.4 Å². The van der Waals surface area contributed by atoms with E-state index in [1.54, 1.807) is 54.7 Å². The maximum Gasteiger partial charge on any atom is 0.347 e. The number of nitrogens with one attached hydrogen (secondary N) is 1. The molecule has 0 fully saturated rings. The van der Waals surface area contributed by atoms with E-state index in [2.05, 4.69) is 5.32 Å². The van der Waals surface area contributed by atoms with E-state index in [1.807, 2.05) is 6.08 Å². The lowest BCUT2D eigenvalue weighted by Crippen LogP contribution is -2.36. The molecule has 0 atom stereocenters. The molecule has 1 aliphatic carbocycles. The number of amides is 2. The Labute approximate surface area is 257 Å². The fourth-order valence-corrected chi connectivity index (χ4v) is 5.27. The molecule has 0 bridgehead atoms. The fourth-order valence-electron chi connectivity index (χ4n) is 4.78. The van der Waals surface area contributed by atoms with Crippen molar-refractivity contribution < 1.29 is 35.8 Å². The summed E-state index contributed by atoms with van der Waals surface area (Å²) in [4.78, 5) is 40.2. The number of hydrogen-bond donors (Lipinski definition) is 2. The SMILES string of the molecule is O=C(NCCCN(CCCS(=O)(=O)O)C(=O)c1ccc2cc(-c3cc4ccc(F)cc4oc3=O)oc2c1)C1=CC=CC=CC=C1. The molecular weight excluding hydrogens is 603 g/mol. The van der Waals surface area contributed by atoms with E-state index in [0.717, 1.165) is 6.07 Å². The maximum absolute atomic E-state index is 13.6. The van der Waals surface area contributed by atoms with Crippen molar-refractivity contribution in [3.8, 4) is 11.3 Å². The van der Waals surface area contributed by atoms with E-state index in [-0.39, 0.29) is 54.4 Å². The number of fused-ring (bicyclic) bond motifs is 2. The van der Waals surface area contributed by atoms with Crippen LogP contribution >= 0.6 is 0 Å². The Morgan fingerprint density at radius 3 is 2.40 bits per heavy atom. The van der Waals surface area contributed by atoms with Crippen LogP contribution in [0, 0.1) is 5.82 Å². The number of halogens is 1. The lowest BCUT2D eigenvalue weighted by Gasteiger charge is -2.23. The van der Waals surface area contributed by atoms with Gasteiger partial charge >= 0.3 is 5.63 Å². The first-order chi connectivity index (χ1) is 21.6. The van der Waals surface area contributed by atoms with Gasteiger partial charge < -0.3 is 19.1 Å². The molecule has 0 aliphatic heterocycles. The molecule has 10 nitrogen and oxygen atoms in total. The second kappa shape index (κ2) is 13.7. The zero-order valence-electron chi connectivity index (χ0n) is 23.9. The van der Waals surface area contributed by atoms with E-state index in [4.69, 9.17) is 8.83 Å². The van der Waals surface area contributed by atoms with Gasteiger partial charge in [-0.3, -0.25) is 14.1 Å². The van der Waals surface area contributed by atoms with Crippen LogP contribution in [0.5, 0.6) is 0 Å². The second-order valence-corrected chi connectivity index (χ2v) is 11.9. The zero-order valence-corrected chi connectivity index (χ0v) is 24.8. The number of benzene rings is 2. The number of carbonyl (C=O) groups is 2. The lowest BCUT2D eigenvalue weighted by atomic mass is 10.1. The highest BCUT2D eigenvalue weighted by Crippen LogP contribution is 2.29. The predicted molar refractivity (Wildman–Crippen MR) is 168 cm³/mol. The molecular formula is C33H29FN2O8S. The summed E-state index contributed by atoms with van der Waals surface area (Å²) in [6.07, 6.45) is 12.7. The molecule has 0 saturated heterocycles. The Morgan fingerprint density at radius 2 is 1.58 bits per heavy atom. The third-order valence-corrected chi connectivity index (χ3v) is 7.80. The van der Waals surface area contributed by atoms with Crippen LogP contribution in [0.25, 0.3) is 33.3 Å². The predicted octanol–water partition coefficient (Wildman–Crippen LogP) is 5.18. The highest BCUT2D eigenvalue weighted by atomic mass is 32.2. The van der Waals surface area contributed by atoms with Crippen molar-refractivity contribution >= 4 is 43.9 Å². The average Bonchev–Trinajstić information content (AvgIpc) is 3.40. The zero-order chi connectivity index (χ0) is 32.0. The van der Waals surface area contributed by atoms with Crippen molar-refractivity contribution in [1.82, 2.24) is 10.2 Å². The standard InChI is InChI=1S/C33H29FN2O8S/c34-26-13-12-23-18-27(33(39)44-29(23)21-26)30-19-24-10-11-25(20-28(24)43-30)32(38)36(16-7-17-45(40,41)42)15-6-14-35-31(37)22-8-4-2-1-3-5-9-22/h1-5,8-13,18-21H,6-7,14-17H2,(H,35,37)(H,40,41,42). The number of nitrogens with zero attached hydrogens (tertiary/aromatic N) is 1. The van der Waals surface area contributed by atoms with E-state index >= 15 is 0 Å². The molecule has 2 aromatic carbocycles. The van der Waals surface area contributed by atoms with Gasteiger partial charge in [-0.2, -0.15) is 8.42 Å². The first-order valence-corrected chi connectivity index (χ1v) is 15.7. The molecule has 12 heteroatoms. The maximum atomic E-state index is 13.6. The normalized spacial score (nSPS) is 13.1. The minimum atomic E-state index is -4.22. The Kier molecular flexibility index (Phi) is 9.55. The van der Waals surface area contributed by atoms with Gasteiger partial charge in [0.2, 0.25) is 0 Å². The van der Waals surface area contributed by atoms with Crippen LogP contribution in [0.2, 0.25) is 0 Å². The molecule has 2 N–H and O–H groups in total. The summed E-state index contributed by atoms with van der Waals surface area (Å²) < 4.78 is 56.5. The first-order valence-electron chi connectivity index (χ1n) is 14.1. The second-order valence-electron chi connectivity index (χ2n) is 10.3. The average molecular weight is 633 g/mol. The van der Waals surface area contributed by atoms with Gasteiger partial charge in [0, 0.05) is 47.6 Å². The molecule has 2 aromatic heterocycles. The van der Waals surface area contributed by atoms with Crippen LogP contribution in [0.4, 0.5) is 4.39 Å². The summed E-state index contributed by atoms with van der Waals surface area (Å²) in [6, 6.07) is 11.8. The van der Waals surface area contributed by atoms with Gasteiger partial charge in [0.25, 0.3) is 21.9 Å². The van der Waals surface area contributed by atoms with Crippen molar-refractivity contribution in [3.05, 3.63) is 118 Å². The summed E-state index contributed by atoms with van der Waals surface area (Å²) >= 11 is 0. The van der Waals surface area contributed by atoms with Gasteiger partial charge in [0.05, 0.1) is 5.75 Å². The van der Waals surface area contributed by atoms with Gasteiger partial charge in [0.15, 0.2) is 0 Å². The molecule has 0 unspecified atom stereocenters. The smallest absolute Gasteiger partial charge is 0.347 e. The van der Waals surface area contributed by atoms with E-state index < -0.39 is 33.2 Å². The van der Waals surface area contributed by atoms with Crippen LogP contribution in [0.1, 0.15) is 23.2 Å². The fraction of sp³-hybridized carbons (Fsp3) is 0.182. The summed E-state index contributed by atoms with van der Waals surface area (Å²) in [7, 11) is -4.22. The van der Waals surface area contributed by atoms with Crippen molar-refractivity contribution in [2.45, 2.75) is 12.8 Å². The lowest BCUT2D eigenvalue weighted by molar-refractivity contribution is -0.117. The monoisotopic (exact) mass is 632 g/mol. The van der Waals surface area contributed by atoms with Crippen molar-refractivity contribution in [2.24, 2.45) is 0 Å². The van der Waals surface area contributed by atoms with Crippen molar-refractivity contribution in [1.29, 1.82) is 0 Å². The quantitative estimate of drug-likeness (QED) is 0.131. The first kappa shape index (κ1) is 31.4. The van der Waals surface area contributed by atoms with E-state index in [0.29, 0.717) is 28.3 Å². The molecule has 0 saturated carbocycles. The molecule has 0 radical (unpaired) electrons. The van der Waals surface area contributed by atoms with E-state index in [1.165, 1.54) is 29.2 Å². The molecule has 2 amide bonds. The largest absolute Gasteiger partial charge is 0.456 e. The van der Waals surface area contributed by atoms with Crippen LogP contribution in [-0.4, -0.2) is 55.1 Å². The number of carbonyl (C=O) groups excluding carboxylic acids is 2. The topological polar surface area (TPSA) is 147 Å². The Morgan fingerprint density at radius 1 is 0.867 bits per heavy atom. The third kappa shape index (κ3) is 8.11. The van der Waals surface area contributed by atoms with Crippen LogP contribution in [0.15, 0.2) is 110 Å². The Hall–Kier alpha value is -5.07. The summed E-state index contributed by atoms with van der Waals surface area (Å²) in [5.74, 6) is -1.53. The van der Waals surface area contributed by atoms with E-state index in [9.17, 15) is 31.7 Å². The Balaban J connectivity index is 1.31. The number of rotatable bonds is 11. The number of allylic oxidation sites excluding steroid dienone is 6. The van der Waals surface area contributed by atoms with Crippen molar-refractivity contribution in [2.75, 3.05) is 25.4 Å². The van der Waals surface area contributed by atoms with Gasteiger partial charge in [-0.05, 0) is 61.4 Å². The summed E-state index contributed by atoms with van der Waals surface area (Å²) in [6.45, 7) is 0.493. The molecule has 4 aromatic rings. The minimum Gasteiger partial charge on any atom is -0.456 e. The summed E-state index contributed by atoms with van der Waals surface area (Å²) in [5, 5.41) is 3.94.